The van der Waals surface area contributed by atoms with Crippen molar-refractivity contribution in [3.8, 4) is 11.1 Å². The molecule has 0 aliphatic heterocycles. The van der Waals surface area contributed by atoms with Gasteiger partial charge < -0.3 is 6.53 Å². The normalized spacial score (nSPS) is 9.41. The van der Waals surface area contributed by atoms with Crippen molar-refractivity contribution in [2.24, 2.45) is 0 Å². The third-order valence-electron chi connectivity index (χ3n) is 2.42. The second-order valence-electron chi connectivity index (χ2n) is 3.63. The fraction of sp³-hybridized carbons (Fsp3) is 0.0714. The number of carbonyl (C=O) groups is 1. The number of hydrogen-bond donors (Lipinski definition) is 1. The number of benzene rings is 2. The molecule has 3 heteroatoms. The summed E-state index contributed by atoms with van der Waals surface area (Å²) in [6.45, 7) is 0. The van der Waals surface area contributed by atoms with Crippen molar-refractivity contribution in [2.75, 3.05) is 0 Å². The summed E-state index contributed by atoms with van der Waals surface area (Å²) < 4.78 is 0. The number of carboxylic acid groups (broad SMARTS) is 1. The Morgan fingerprint density at radius 2 is 1.47 bits per heavy atom. The summed E-state index contributed by atoms with van der Waals surface area (Å²) in [6.07, 6.45) is 0.0784. The predicted octanol–water partition coefficient (Wildman–Crippen LogP) is 0.0972. The molecule has 2 aromatic rings. The van der Waals surface area contributed by atoms with Gasteiger partial charge in [-0.05, 0) is 16.7 Å². The minimum atomic E-state index is -0.799. The van der Waals surface area contributed by atoms with Gasteiger partial charge >= 0.3 is 35.5 Å². The molecule has 0 aliphatic carbocycles. The molecule has 0 saturated heterocycles. The van der Waals surface area contributed by atoms with Crippen molar-refractivity contribution >= 4 is 5.97 Å². The zero-order valence-corrected chi connectivity index (χ0v) is 11.8. The molecule has 0 bridgehead atoms. The largest absolute Gasteiger partial charge is 1.00 e. The second kappa shape index (κ2) is 6.60. The molecule has 0 aromatic heterocycles. The maximum absolute atomic E-state index is 10.5. The molecule has 0 radical (unpaired) electrons. The third-order valence-corrected chi connectivity index (χ3v) is 2.42. The van der Waals surface area contributed by atoms with Gasteiger partial charge in [0.15, 0.2) is 0 Å². The molecule has 1 N–H and O–H groups in total. The molecule has 0 heterocycles. The molecule has 82 valence electrons. The van der Waals surface area contributed by atoms with Crippen LogP contribution in [0.1, 0.15) is 6.99 Å². The van der Waals surface area contributed by atoms with Crippen molar-refractivity contribution in [3.05, 3.63) is 60.2 Å². The molecule has 0 amide bonds. The Labute approximate surface area is 124 Å². The SMILES string of the molecule is O=C(O)Cc1ccc(-c2ccccc2)cc1.[H-].[Na+]. The maximum atomic E-state index is 10.5. The van der Waals surface area contributed by atoms with Crippen molar-refractivity contribution < 1.29 is 40.9 Å². The zero-order valence-electron chi connectivity index (χ0n) is 10.8. The minimum Gasteiger partial charge on any atom is -1.00 e. The van der Waals surface area contributed by atoms with E-state index in [-0.39, 0.29) is 37.4 Å². The van der Waals surface area contributed by atoms with Gasteiger partial charge in [0.2, 0.25) is 0 Å². The Morgan fingerprint density at radius 1 is 0.941 bits per heavy atom. The molecule has 0 unspecified atom stereocenters. The van der Waals surface area contributed by atoms with Crippen LogP contribution < -0.4 is 29.6 Å². The molecule has 0 spiro atoms. The molecule has 2 nitrogen and oxygen atoms in total. The molecular weight excluding hydrogens is 223 g/mol. The van der Waals surface area contributed by atoms with Gasteiger partial charge in [0, 0.05) is 0 Å². The first-order chi connectivity index (χ1) is 7.75. The number of carboxylic acids is 1. The summed E-state index contributed by atoms with van der Waals surface area (Å²) in [5.74, 6) is -0.799. The zero-order chi connectivity index (χ0) is 11.4. The summed E-state index contributed by atoms with van der Waals surface area (Å²) in [5.41, 5.74) is 3.08. The van der Waals surface area contributed by atoms with Crippen LogP contribution >= 0.6 is 0 Å². The molecule has 2 rings (SSSR count). The number of aliphatic carboxylic acids is 1. The van der Waals surface area contributed by atoms with E-state index in [2.05, 4.69) is 0 Å². The number of rotatable bonds is 3. The molecule has 0 aliphatic rings. The first kappa shape index (κ1) is 14.0. The van der Waals surface area contributed by atoms with Crippen LogP contribution in [0, 0.1) is 0 Å². The smallest absolute Gasteiger partial charge is 1.00 e. The topological polar surface area (TPSA) is 37.3 Å². The van der Waals surface area contributed by atoms with Crippen LogP contribution in [0.25, 0.3) is 11.1 Å². The monoisotopic (exact) mass is 236 g/mol. The van der Waals surface area contributed by atoms with E-state index in [0.717, 1.165) is 16.7 Å². The van der Waals surface area contributed by atoms with E-state index in [1.54, 1.807) is 0 Å². The van der Waals surface area contributed by atoms with Crippen LogP contribution in [-0.2, 0) is 11.2 Å². The van der Waals surface area contributed by atoms with Gasteiger partial charge in [-0.25, -0.2) is 0 Å². The van der Waals surface area contributed by atoms with Gasteiger partial charge in [0.05, 0.1) is 6.42 Å². The first-order valence-electron chi connectivity index (χ1n) is 5.12. The summed E-state index contributed by atoms with van der Waals surface area (Å²) in [7, 11) is 0. The summed E-state index contributed by atoms with van der Waals surface area (Å²) in [5, 5.41) is 8.65. The van der Waals surface area contributed by atoms with Crippen molar-refractivity contribution in [1.29, 1.82) is 0 Å². The average molecular weight is 236 g/mol. The summed E-state index contributed by atoms with van der Waals surface area (Å²) >= 11 is 0. The van der Waals surface area contributed by atoms with Crippen LogP contribution in [0.2, 0.25) is 0 Å². The summed E-state index contributed by atoms with van der Waals surface area (Å²) in [6, 6.07) is 17.6. The van der Waals surface area contributed by atoms with E-state index >= 15 is 0 Å². The van der Waals surface area contributed by atoms with E-state index in [0.29, 0.717) is 0 Å². The molecule has 0 atom stereocenters. The standard InChI is InChI=1S/C14H12O2.Na.H/c15-14(16)10-11-6-8-13(9-7-11)12-4-2-1-3-5-12;;/h1-9H,10H2,(H,15,16);;/q;+1;-1. The van der Waals surface area contributed by atoms with E-state index in [1.807, 2.05) is 54.6 Å². The fourth-order valence-corrected chi connectivity index (χ4v) is 1.62. The molecule has 17 heavy (non-hydrogen) atoms. The van der Waals surface area contributed by atoms with Crippen LogP contribution in [0.5, 0.6) is 0 Å². The van der Waals surface area contributed by atoms with Crippen LogP contribution in [0.3, 0.4) is 0 Å². The maximum Gasteiger partial charge on any atom is 1.00 e. The fourth-order valence-electron chi connectivity index (χ4n) is 1.62. The van der Waals surface area contributed by atoms with Crippen LogP contribution in [0.4, 0.5) is 0 Å². The van der Waals surface area contributed by atoms with Crippen LogP contribution in [-0.4, -0.2) is 11.1 Å². The Hall–Kier alpha value is -1.09. The molecule has 2 aromatic carbocycles. The van der Waals surface area contributed by atoms with Gasteiger partial charge in [-0.3, -0.25) is 4.79 Å². The quantitative estimate of drug-likeness (QED) is 0.767. The van der Waals surface area contributed by atoms with E-state index < -0.39 is 5.97 Å². The summed E-state index contributed by atoms with van der Waals surface area (Å²) in [4.78, 5) is 10.5. The Morgan fingerprint density at radius 3 is 2.00 bits per heavy atom. The molecule has 0 fully saturated rings. The van der Waals surface area contributed by atoms with Crippen molar-refractivity contribution in [1.82, 2.24) is 0 Å². The first-order valence-corrected chi connectivity index (χ1v) is 5.12. The molecular formula is C14H13NaO2. The minimum absolute atomic E-state index is 0. The van der Waals surface area contributed by atoms with Gasteiger partial charge in [-0.1, -0.05) is 54.6 Å². The Bertz CT molecular complexity index is 483. The van der Waals surface area contributed by atoms with Gasteiger partial charge in [-0.2, -0.15) is 0 Å². The van der Waals surface area contributed by atoms with Crippen molar-refractivity contribution in [2.45, 2.75) is 6.42 Å². The molecule has 0 saturated carbocycles. The third kappa shape index (κ3) is 4.00. The van der Waals surface area contributed by atoms with E-state index in [9.17, 15) is 4.79 Å². The Balaban J connectivity index is 0.00000144. The predicted molar refractivity (Wildman–Crippen MR) is 64.3 cm³/mol. The second-order valence-corrected chi connectivity index (χ2v) is 3.63. The van der Waals surface area contributed by atoms with Crippen LogP contribution in [0.15, 0.2) is 54.6 Å². The van der Waals surface area contributed by atoms with Gasteiger partial charge in [-0.15, -0.1) is 0 Å². The van der Waals surface area contributed by atoms with Gasteiger partial charge in [0.1, 0.15) is 0 Å². The van der Waals surface area contributed by atoms with Crippen molar-refractivity contribution in [3.63, 3.8) is 0 Å². The average Bonchev–Trinajstić information content (AvgIpc) is 2.30. The van der Waals surface area contributed by atoms with Gasteiger partial charge in [0.25, 0.3) is 0 Å². The van der Waals surface area contributed by atoms with E-state index in [4.69, 9.17) is 5.11 Å². The Kier molecular flexibility index (Phi) is 5.42. The van der Waals surface area contributed by atoms with E-state index in [1.165, 1.54) is 0 Å². The number of hydrogen-bond acceptors (Lipinski definition) is 1.